The van der Waals surface area contributed by atoms with Crippen LogP contribution in [0.4, 0.5) is 0 Å². The smallest absolute Gasteiger partial charge is 0.231 e. The molecule has 1 heterocycles. The minimum absolute atomic E-state index is 0. The molecular weight excluding hydrogens is 554 g/mol. The molecule has 5 heteroatoms. The second-order valence-corrected chi connectivity index (χ2v) is 11.8. The topological polar surface area (TPSA) is 27.7 Å². The standard InChI is InChI=1S/C29H28O3P.HI/c1-30-27-20-23(21-28-29(27)32-22-31-28)12-11-19-33(24-13-5-2-6-14-24,25-15-7-3-8-16-25)26-17-9-4-10-18-26;/h2-10,13-18,20-21H,11-12,19,22H2,1H3;1H/q+1;/p-1. The van der Waals surface area contributed by atoms with Crippen LogP contribution < -0.4 is 54.1 Å². The van der Waals surface area contributed by atoms with E-state index in [2.05, 4.69) is 103 Å². The molecule has 0 bridgehead atoms. The van der Waals surface area contributed by atoms with Crippen molar-refractivity contribution >= 4 is 23.2 Å². The first-order chi connectivity index (χ1) is 16.3. The normalized spacial score (nSPS) is 12.1. The van der Waals surface area contributed by atoms with E-state index in [1.165, 1.54) is 21.5 Å². The zero-order valence-corrected chi connectivity index (χ0v) is 22.2. The summed E-state index contributed by atoms with van der Waals surface area (Å²) in [5, 5.41) is 4.27. The lowest BCUT2D eigenvalue weighted by molar-refractivity contribution is -0.00000814. The van der Waals surface area contributed by atoms with Crippen molar-refractivity contribution in [2.45, 2.75) is 12.8 Å². The zero-order valence-electron chi connectivity index (χ0n) is 19.2. The van der Waals surface area contributed by atoms with Gasteiger partial charge in [-0.3, -0.25) is 0 Å². The molecule has 0 aromatic heterocycles. The van der Waals surface area contributed by atoms with E-state index in [4.69, 9.17) is 14.2 Å². The van der Waals surface area contributed by atoms with Crippen molar-refractivity contribution in [2.24, 2.45) is 0 Å². The van der Waals surface area contributed by atoms with Crippen LogP contribution in [0.2, 0.25) is 0 Å². The highest BCUT2D eigenvalue weighted by Gasteiger charge is 2.44. The van der Waals surface area contributed by atoms with Crippen molar-refractivity contribution in [2.75, 3.05) is 20.1 Å². The molecule has 0 fully saturated rings. The van der Waals surface area contributed by atoms with Crippen molar-refractivity contribution in [1.82, 2.24) is 0 Å². The number of fused-ring (bicyclic) bond motifs is 1. The third kappa shape index (κ3) is 4.80. The largest absolute Gasteiger partial charge is 1.00 e. The highest BCUT2D eigenvalue weighted by Crippen LogP contribution is 2.56. The van der Waals surface area contributed by atoms with Gasteiger partial charge in [0, 0.05) is 0 Å². The molecule has 0 amide bonds. The minimum Gasteiger partial charge on any atom is -1.00 e. The Morgan fingerprint density at radius 3 is 1.76 bits per heavy atom. The summed E-state index contributed by atoms with van der Waals surface area (Å²) in [6.45, 7) is 0.250. The first-order valence-electron chi connectivity index (χ1n) is 11.3. The van der Waals surface area contributed by atoms with E-state index < -0.39 is 7.26 Å². The predicted molar refractivity (Wildman–Crippen MR) is 137 cm³/mol. The van der Waals surface area contributed by atoms with Crippen LogP contribution in [0.15, 0.2) is 103 Å². The number of halogens is 1. The first-order valence-corrected chi connectivity index (χ1v) is 13.3. The van der Waals surface area contributed by atoms with Crippen molar-refractivity contribution in [3.63, 3.8) is 0 Å². The summed E-state index contributed by atoms with van der Waals surface area (Å²) in [5.74, 6) is 2.23. The van der Waals surface area contributed by atoms with Gasteiger partial charge in [0.25, 0.3) is 0 Å². The quantitative estimate of drug-likeness (QED) is 0.236. The number of hydrogen-bond donors (Lipinski definition) is 0. The van der Waals surface area contributed by atoms with Gasteiger partial charge in [0.1, 0.15) is 23.2 Å². The Balaban J connectivity index is 0.00000274. The zero-order chi connectivity index (χ0) is 22.5. The van der Waals surface area contributed by atoms with Gasteiger partial charge in [-0.05, 0) is 66.9 Å². The SMILES string of the molecule is COc1cc(CCC[P+](c2ccccc2)(c2ccccc2)c2ccccc2)cc2c1OCO2.[I-]. The third-order valence-electron chi connectivity index (χ3n) is 6.27. The van der Waals surface area contributed by atoms with E-state index >= 15 is 0 Å². The molecule has 0 aliphatic carbocycles. The molecule has 4 aromatic rings. The molecule has 1 aliphatic heterocycles. The molecule has 4 aromatic carbocycles. The van der Waals surface area contributed by atoms with Crippen LogP contribution >= 0.6 is 7.26 Å². The van der Waals surface area contributed by atoms with E-state index in [0.29, 0.717) is 5.75 Å². The molecule has 1 aliphatic rings. The van der Waals surface area contributed by atoms with Gasteiger partial charge in [0.05, 0.1) is 13.3 Å². The first kappa shape index (κ1) is 24.6. The van der Waals surface area contributed by atoms with Crippen LogP contribution in [-0.2, 0) is 6.42 Å². The summed E-state index contributed by atoms with van der Waals surface area (Å²) >= 11 is 0. The van der Waals surface area contributed by atoms with Gasteiger partial charge in [0.15, 0.2) is 11.5 Å². The van der Waals surface area contributed by atoms with Crippen LogP contribution in [0.5, 0.6) is 17.2 Å². The Morgan fingerprint density at radius 2 is 1.26 bits per heavy atom. The Hall–Kier alpha value is -2.56. The lowest BCUT2D eigenvalue weighted by Gasteiger charge is -2.27. The molecule has 0 radical (unpaired) electrons. The molecule has 0 spiro atoms. The van der Waals surface area contributed by atoms with Crippen molar-refractivity contribution in [3.8, 4) is 17.2 Å². The maximum atomic E-state index is 5.64. The average molecular weight is 582 g/mol. The van der Waals surface area contributed by atoms with Gasteiger partial charge in [-0.2, -0.15) is 0 Å². The summed E-state index contributed by atoms with van der Waals surface area (Å²) < 4.78 is 16.8. The number of ether oxygens (including phenoxy) is 3. The minimum atomic E-state index is -1.81. The Kier molecular flexibility index (Phi) is 8.12. The van der Waals surface area contributed by atoms with E-state index in [1.807, 2.05) is 0 Å². The average Bonchev–Trinajstić information content (AvgIpc) is 3.37. The number of aryl methyl sites for hydroxylation is 1. The summed E-state index contributed by atoms with van der Waals surface area (Å²) in [5.41, 5.74) is 1.21. The number of hydrogen-bond acceptors (Lipinski definition) is 3. The summed E-state index contributed by atoms with van der Waals surface area (Å²) in [6, 6.07) is 37.3. The fourth-order valence-electron chi connectivity index (χ4n) is 4.73. The molecular formula is C29H28IO3P. The van der Waals surface area contributed by atoms with Crippen LogP contribution in [0, 0.1) is 0 Å². The van der Waals surface area contributed by atoms with Crippen molar-refractivity contribution in [1.29, 1.82) is 0 Å². The number of methoxy groups -OCH3 is 1. The lowest BCUT2D eigenvalue weighted by Crippen LogP contribution is -3.00. The molecule has 5 rings (SSSR count). The highest BCUT2D eigenvalue weighted by molar-refractivity contribution is 7.95. The monoisotopic (exact) mass is 582 g/mol. The molecule has 0 unspecified atom stereocenters. The van der Waals surface area contributed by atoms with Gasteiger partial charge in [-0.15, -0.1) is 0 Å². The van der Waals surface area contributed by atoms with Crippen LogP contribution in [-0.4, -0.2) is 20.1 Å². The van der Waals surface area contributed by atoms with Crippen molar-refractivity contribution < 1.29 is 38.2 Å². The lowest BCUT2D eigenvalue weighted by atomic mass is 10.1. The molecule has 174 valence electrons. The van der Waals surface area contributed by atoms with Crippen LogP contribution in [0.25, 0.3) is 0 Å². The van der Waals surface area contributed by atoms with Crippen LogP contribution in [0.3, 0.4) is 0 Å². The van der Waals surface area contributed by atoms with E-state index in [-0.39, 0.29) is 30.8 Å². The maximum Gasteiger partial charge on any atom is 0.231 e. The van der Waals surface area contributed by atoms with E-state index in [1.54, 1.807) is 7.11 Å². The van der Waals surface area contributed by atoms with Crippen LogP contribution in [0.1, 0.15) is 12.0 Å². The molecule has 0 atom stereocenters. The van der Waals surface area contributed by atoms with Gasteiger partial charge in [-0.25, -0.2) is 0 Å². The molecule has 34 heavy (non-hydrogen) atoms. The van der Waals surface area contributed by atoms with E-state index in [0.717, 1.165) is 30.5 Å². The fourth-order valence-corrected chi connectivity index (χ4v) is 9.08. The van der Waals surface area contributed by atoms with E-state index in [9.17, 15) is 0 Å². The molecule has 0 saturated carbocycles. The molecule has 0 N–H and O–H groups in total. The second kappa shape index (κ2) is 11.2. The fraction of sp³-hybridized carbons (Fsp3) is 0.172. The molecule has 3 nitrogen and oxygen atoms in total. The van der Waals surface area contributed by atoms with Gasteiger partial charge >= 0.3 is 0 Å². The summed E-state index contributed by atoms with van der Waals surface area (Å²) in [4.78, 5) is 0. The van der Waals surface area contributed by atoms with Gasteiger partial charge in [0.2, 0.25) is 12.5 Å². The summed E-state index contributed by atoms with van der Waals surface area (Å²) in [7, 11) is -0.134. The highest BCUT2D eigenvalue weighted by atomic mass is 127. The molecule has 0 saturated heterocycles. The van der Waals surface area contributed by atoms with Gasteiger partial charge in [-0.1, -0.05) is 54.6 Å². The number of rotatable bonds is 8. The Labute approximate surface area is 219 Å². The predicted octanol–water partition coefficient (Wildman–Crippen LogP) is 2.35. The Bertz CT molecular complexity index is 1100. The summed E-state index contributed by atoms with van der Waals surface area (Å²) in [6.07, 6.45) is 3.08. The Morgan fingerprint density at radius 1 is 0.735 bits per heavy atom. The maximum absolute atomic E-state index is 5.64. The third-order valence-corrected chi connectivity index (χ3v) is 10.8. The number of benzene rings is 4. The van der Waals surface area contributed by atoms with Crippen molar-refractivity contribution in [3.05, 3.63) is 109 Å². The van der Waals surface area contributed by atoms with Gasteiger partial charge < -0.3 is 38.2 Å². The second-order valence-electron chi connectivity index (χ2n) is 8.18.